The van der Waals surface area contributed by atoms with Crippen LogP contribution in [0.1, 0.15) is 5.56 Å². The van der Waals surface area contributed by atoms with E-state index >= 15 is 0 Å². The van der Waals surface area contributed by atoms with Crippen LogP contribution in [-0.4, -0.2) is 11.7 Å². The number of benzene rings is 1. The minimum absolute atomic E-state index is 0.273. The summed E-state index contributed by atoms with van der Waals surface area (Å²) < 4.78 is 63.2. The van der Waals surface area contributed by atoms with E-state index in [1.165, 1.54) is 0 Å². The van der Waals surface area contributed by atoms with Crippen LogP contribution in [0.15, 0.2) is 17.1 Å². The van der Waals surface area contributed by atoms with Crippen molar-refractivity contribution in [2.24, 2.45) is 10.7 Å². The normalized spacial score (nSPS) is 12.9. The van der Waals surface area contributed by atoms with Crippen LogP contribution in [0.2, 0.25) is 0 Å². The number of alkyl halides is 4. The molecule has 0 aliphatic carbocycles. The molecule has 2 N–H and O–H groups in total. The Kier molecular flexibility index (Phi) is 3.92. The molecule has 17 heavy (non-hydrogen) atoms. The van der Waals surface area contributed by atoms with Gasteiger partial charge >= 0.3 is 6.18 Å². The fourth-order valence-electron chi connectivity index (χ4n) is 1.07. The third-order valence-electron chi connectivity index (χ3n) is 1.76. The second-order valence-corrected chi connectivity index (χ2v) is 3.26. The van der Waals surface area contributed by atoms with Crippen LogP contribution in [0.4, 0.5) is 27.6 Å². The van der Waals surface area contributed by atoms with Crippen LogP contribution < -0.4 is 5.73 Å². The zero-order chi connectivity index (χ0) is 13.2. The van der Waals surface area contributed by atoms with Gasteiger partial charge in [-0.3, -0.25) is 0 Å². The Labute approximate surface area is 97.9 Å². The van der Waals surface area contributed by atoms with Gasteiger partial charge in [0.2, 0.25) is 0 Å². The molecule has 0 saturated heterocycles. The number of hydrogen-bond donors (Lipinski definition) is 1. The first kappa shape index (κ1) is 13.7. The molecule has 0 amide bonds. The molecule has 0 aliphatic rings. The maximum absolute atomic E-state index is 13.4. The van der Waals surface area contributed by atoms with E-state index in [9.17, 15) is 22.0 Å². The van der Waals surface area contributed by atoms with E-state index in [1.807, 2.05) is 0 Å². The van der Waals surface area contributed by atoms with Crippen LogP contribution in [0.25, 0.3) is 0 Å². The first-order valence-corrected chi connectivity index (χ1v) is 4.75. The van der Waals surface area contributed by atoms with Gasteiger partial charge < -0.3 is 5.73 Å². The maximum atomic E-state index is 13.4. The first-order chi connectivity index (χ1) is 7.77. The van der Waals surface area contributed by atoms with Crippen molar-refractivity contribution >= 4 is 23.1 Å². The summed E-state index contributed by atoms with van der Waals surface area (Å²) in [5.41, 5.74) is 2.44. The molecule has 0 saturated carbocycles. The van der Waals surface area contributed by atoms with Gasteiger partial charge in [-0.15, -0.1) is 11.6 Å². The largest absolute Gasteiger partial charge is 0.422 e. The van der Waals surface area contributed by atoms with Gasteiger partial charge in [0, 0.05) is 0 Å². The van der Waals surface area contributed by atoms with Crippen molar-refractivity contribution in [2.45, 2.75) is 6.18 Å². The Morgan fingerprint density at radius 2 is 1.88 bits per heavy atom. The molecule has 0 heterocycles. The monoisotopic (exact) mass is 272 g/mol. The number of hydrogen-bond acceptors (Lipinski definition) is 1. The van der Waals surface area contributed by atoms with Gasteiger partial charge in [0.05, 0.1) is 5.88 Å². The summed E-state index contributed by atoms with van der Waals surface area (Å²) in [4.78, 5) is 3.31. The molecule has 0 fully saturated rings. The molecule has 0 bridgehead atoms. The van der Waals surface area contributed by atoms with Crippen molar-refractivity contribution in [2.75, 3.05) is 5.88 Å². The molecule has 1 aromatic carbocycles. The highest BCUT2D eigenvalue weighted by molar-refractivity contribution is 6.28. The molecule has 1 rings (SSSR count). The highest BCUT2D eigenvalue weighted by Gasteiger charge is 2.38. The van der Waals surface area contributed by atoms with E-state index in [0.29, 0.717) is 6.07 Å². The molecule has 0 atom stereocenters. The van der Waals surface area contributed by atoms with Crippen LogP contribution in [0.5, 0.6) is 0 Å². The van der Waals surface area contributed by atoms with Crippen LogP contribution in [0.3, 0.4) is 0 Å². The predicted octanol–water partition coefficient (Wildman–Crippen LogP) is 3.21. The topological polar surface area (TPSA) is 38.4 Å². The van der Waals surface area contributed by atoms with E-state index in [-0.39, 0.29) is 11.7 Å². The van der Waals surface area contributed by atoms with Gasteiger partial charge in [0.1, 0.15) is 22.9 Å². The zero-order valence-electron chi connectivity index (χ0n) is 8.15. The quantitative estimate of drug-likeness (QED) is 0.382. The minimum Gasteiger partial charge on any atom is -0.386 e. The summed E-state index contributed by atoms with van der Waals surface area (Å²) in [6.07, 6.45) is -5.14. The van der Waals surface area contributed by atoms with Gasteiger partial charge in [0.25, 0.3) is 0 Å². The lowest BCUT2D eigenvalue weighted by Gasteiger charge is -2.10. The second-order valence-electron chi connectivity index (χ2n) is 2.99. The lowest BCUT2D eigenvalue weighted by atomic mass is 10.1. The summed E-state index contributed by atoms with van der Waals surface area (Å²) in [6, 6.07) is 1.21. The number of rotatable bonds is 2. The Morgan fingerprint density at radius 3 is 2.35 bits per heavy atom. The summed E-state index contributed by atoms with van der Waals surface area (Å²) in [6.45, 7) is 0. The standard InChI is InChI=1S/C9H6ClF5N2/c10-3-6(16)17-5-2-1-4(11)7(8(5)12)9(13,14)15/h1-2H,3H2,(H2,16,17). The van der Waals surface area contributed by atoms with Crippen LogP contribution >= 0.6 is 11.6 Å². The van der Waals surface area contributed by atoms with Gasteiger partial charge in [0.15, 0.2) is 5.82 Å². The molecule has 1 aromatic rings. The fourth-order valence-corrected chi connectivity index (χ4v) is 1.13. The molecule has 0 aromatic heterocycles. The zero-order valence-corrected chi connectivity index (χ0v) is 8.91. The second kappa shape index (κ2) is 4.87. The molecule has 8 heteroatoms. The number of nitrogens with zero attached hydrogens (tertiary/aromatic N) is 1. The molecule has 0 unspecified atom stereocenters. The summed E-state index contributed by atoms with van der Waals surface area (Å²) in [7, 11) is 0. The highest BCUT2D eigenvalue weighted by atomic mass is 35.5. The maximum Gasteiger partial charge on any atom is 0.422 e. The Balaban J connectivity index is 3.39. The van der Waals surface area contributed by atoms with Crippen LogP contribution in [-0.2, 0) is 6.18 Å². The lowest BCUT2D eigenvalue weighted by Crippen LogP contribution is -2.14. The Morgan fingerprint density at radius 1 is 1.29 bits per heavy atom. The predicted molar refractivity (Wildman–Crippen MR) is 53.4 cm³/mol. The van der Waals surface area contributed by atoms with Gasteiger partial charge in [-0.1, -0.05) is 0 Å². The average Bonchev–Trinajstić information content (AvgIpc) is 2.20. The fraction of sp³-hybridized carbons (Fsp3) is 0.222. The molecule has 94 valence electrons. The Bertz CT molecular complexity index is 455. The van der Waals surface area contributed by atoms with Crippen molar-refractivity contribution in [3.05, 3.63) is 29.3 Å². The first-order valence-electron chi connectivity index (χ1n) is 4.21. The number of halogens is 6. The number of aliphatic imine (C=N–C) groups is 1. The van der Waals surface area contributed by atoms with Crippen molar-refractivity contribution in [1.82, 2.24) is 0 Å². The number of amidine groups is 1. The highest BCUT2D eigenvalue weighted by Crippen LogP contribution is 2.36. The molecule has 0 spiro atoms. The molecular formula is C9H6ClF5N2. The third kappa shape index (κ3) is 3.06. The molecular weight excluding hydrogens is 267 g/mol. The summed E-state index contributed by atoms with van der Waals surface area (Å²) in [5, 5.41) is 0. The minimum atomic E-state index is -5.14. The molecule has 2 nitrogen and oxygen atoms in total. The summed E-state index contributed by atoms with van der Waals surface area (Å²) in [5.74, 6) is -4.08. The average molecular weight is 273 g/mol. The van der Waals surface area contributed by atoms with Crippen molar-refractivity contribution in [3.8, 4) is 0 Å². The van der Waals surface area contributed by atoms with Crippen molar-refractivity contribution in [3.63, 3.8) is 0 Å². The van der Waals surface area contributed by atoms with Crippen LogP contribution in [0, 0.1) is 11.6 Å². The lowest BCUT2D eigenvalue weighted by molar-refractivity contribution is -0.142. The smallest absolute Gasteiger partial charge is 0.386 e. The molecule has 0 aliphatic heterocycles. The summed E-state index contributed by atoms with van der Waals surface area (Å²) >= 11 is 5.24. The number of nitrogens with two attached hydrogens (primary N) is 1. The third-order valence-corrected chi connectivity index (χ3v) is 2.03. The van der Waals surface area contributed by atoms with Gasteiger partial charge in [-0.05, 0) is 12.1 Å². The molecule has 0 radical (unpaired) electrons. The van der Waals surface area contributed by atoms with Crippen molar-refractivity contribution < 1.29 is 22.0 Å². The van der Waals surface area contributed by atoms with E-state index in [4.69, 9.17) is 17.3 Å². The SMILES string of the molecule is NC(CCl)=Nc1ccc(F)c(C(F)(F)F)c1F. The van der Waals surface area contributed by atoms with Gasteiger partial charge in [-0.2, -0.15) is 13.2 Å². The van der Waals surface area contributed by atoms with Crippen molar-refractivity contribution in [1.29, 1.82) is 0 Å². The Hall–Kier alpha value is -1.37. The van der Waals surface area contributed by atoms with Gasteiger partial charge in [-0.25, -0.2) is 13.8 Å². The van der Waals surface area contributed by atoms with E-state index in [1.54, 1.807) is 0 Å². The van der Waals surface area contributed by atoms with E-state index < -0.39 is 29.1 Å². The van der Waals surface area contributed by atoms with E-state index in [0.717, 1.165) is 6.07 Å². The van der Waals surface area contributed by atoms with E-state index in [2.05, 4.69) is 4.99 Å².